The van der Waals surface area contributed by atoms with Crippen LogP contribution in [0.4, 0.5) is 0 Å². The summed E-state index contributed by atoms with van der Waals surface area (Å²) in [5, 5.41) is 5.40. The van der Waals surface area contributed by atoms with E-state index in [4.69, 9.17) is 10.5 Å². The van der Waals surface area contributed by atoms with Crippen LogP contribution in [-0.4, -0.2) is 37.2 Å². The van der Waals surface area contributed by atoms with Crippen molar-refractivity contribution < 1.29 is 14.3 Å². The summed E-state index contributed by atoms with van der Waals surface area (Å²) in [6, 6.07) is -0.788. The third kappa shape index (κ3) is 4.85. The fourth-order valence-electron chi connectivity index (χ4n) is 1.49. The summed E-state index contributed by atoms with van der Waals surface area (Å²) >= 11 is 0. The van der Waals surface area contributed by atoms with Crippen molar-refractivity contribution in [3.8, 4) is 0 Å². The maximum Gasteiger partial charge on any atom is 0.245 e. The van der Waals surface area contributed by atoms with Gasteiger partial charge in [0.05, 0.1) is 12.6 Å². The molecule has 2 atom stereocenters. The second-order valence-electron chi connectivity index (χ2n) is 4.63. The second kappa shape index (κ2) is 7.13. The van der Waals surface area contributed by atoms with Crippen LogP contribution in [-0.2, 0) is 14.3 Å². The van der Waals surface area contributed by atoms with Gasteiger partial charge in [0.1, 0.15) is 6.73 Å². The third-order valence-electron chi connectivity index (χ3n) is 2.74. The minimum Gasteiger partial charge on any atom is -0.361 e. The number of carbonyl (C=O) groups excluding carboxylic acids is 2. The van der Waals surface area contributed by atoms with Crippen molar-refractivity contribution in [2.75, 3.05) is 13.3 Å². The Balaban J connectivity index is 2.76. The molecular weight excluding hydrogens is 234 g/mol. The highest BCUT2D eigenvalue weighted by atomic mass is 16.5. The Hall–Kier alpha value is -1.40. The molecule has 0 spiro atoms. The smallest absolute Gasteiger partial charge is 0.245 e. The molecule has 1 aliphatic rings. The third-order valence-corrected chi connectivity index (χ3v) is 2.74. The van der Waals surface area contributed by atoms with E-state index >= 15 is 0 Å². The van der Waals surface area contributed by atoms with E-state index in [9.17, 15) is 9.59 Å². The number of amides is 2. The van der Waals surface area contributed by atoms with Crippen molar-refractivity contribution in [3.63, 3.8) is 0 Å². The highest BCUT2D eigenvalue weighted by Gasteiger charge is 2.19. The van der Waals surface area contributed by atoms with Crippen LogP contribution in [0.3, 0.4) is 0 Å². The summed E-state index contributed by atoms with van der Waals surface area (Å²) in [4.78, 5) is 23.2. The lowest BCUT2D eigenvalue weighted by Gasteiger charge is -2.22. The number of nitrogens with one attached hydrogen (secondary N) is 2. The van der Waals surface area contributed by atoms with Gasteiger partial charge in [-0.2, -0.15) is 0 Å². The summed E-state index contributed by atoms with van der Waals surface area (Å²) in [6.07, 6.45) is 3.50. The lowest BCUT2D eigenvalue weighted by atomic mass is 10.0. The molecule has 1 heterocycles. The molecule has 0 saturated heterocycles. The molecule has 1 rings (SSSR count). The number of ether oxygens (including phenoxy) is 1. The molecule has 0 bridgehead atoms. The van der Waals surface area contributed by atoms with Crippen LogP contribution < -0.4 is 16.4 Å². The van der Waals surface area contributed by atoms with Gasteiger partial charge < -0.3 is 21.1 Å². The van der Waals surface area contributed by atoms with Crippen LogP contribution >= 0.6 is 0 Å². The molecule has 2 amide bonds. The Morgan fingerprint density at radius 1 is 1.44 bits per heavy atom. The molecular formula is C12H21N3O3. The van der Waals surface area contributed by atoms with Gasteiger partial charge in [0.25, 0.3) is 0 Å². The summed E-state index contributed by atoms with van der Waals surface area (Å²) in [7, 11) is 0. The van der Waals surface area contributed by atoms with Crippen LogP contribution in [0.5, 0.6) is 0 Å². The highest BCUT2D eigenvalue weighted by Crippen LogP contribution is 2.04. The Bertz CT molecular complexity index is 329. The Morgan fingerprint density at radius 3 is 2.83 bits per heavy atom. The van der Waals surface area contributed by atoms with E-state index in [1.807, 2.05) is 13.8 Å². The molecule has 0 saturated carbocycles. The van der Waals surface area contributed by atoms with E-state index in [-0.39, 0.29) is 30.5 Å². The van der Waals surface area contributed by atoms with Crippen LogP contribution in [0, 0.1) is 5.92 Å². The van der Waals surface area contributed by atoms with Crippen molar-refractivity contribution in [3.05, 3.63) is 12.2 Å². The number of nitrogens with two attached hydrogens (primary N) is 1. The standard InChI is InChI=1S/C12H21N3O3/c1-8(2)10-3-4-11(16)14-7-18-6-5-9(13)12(17)15-10/h3-4,8-10H,5-7,13H2,1-2H3,(H,14,16)(H,15,17)/t9-,10+/m0/s1. The van der Waals surface area contributed by atoms with E-state index in [1.165, 1.54) is 6.08 Å². The van der Waals surface area contributed by atoms with Gasteiger partial charge in [-0.1, -0.05) is 19.9 Å². The molecule has 0 aromatic heterocycles. The summed E-state index contributed by atoms with van der Waals surface area (Å²) < 4.78 is 5.14. The molecule has 0 aliphatic carbocycles. The van der Waals surface area contributed by atoms with E-state index in [2.05, 4.69) is 10.6 Å². The maximum absolute atomic E-state index is 11.8. The Kier molecular flexibility index (Phi) is 5.80. The predicted molar refractivity (Wildman–Crippen MR) is 67.5 cm³/mol. The first-order chi connectivity index (χ1) is 8.50. The zero-order chi connectivity index (χ0) is 13.5. The van der Waals surface area contributed by atoms with Gasteiger partial charge >= 0.3 is 0 Å². The van der Waals surface area contributed by atoms with Crippen LogP contribution in [0.15, 0.2) is 12.2 Å². The average Bonchev–Trinajstić information content (AvgIpc) is 2.31. The van der Waals surface area contributed by atoms with Gasteiger partial charge in [-0.25, -0.2) is 0 Å². The van der Waals surface area contributed by atoms with Gasteiger partial charge in [-0.3, -0.25) is 9.59 Å². The topological polar surface area (TPSA) is 93.4 Å². The molecule has 0 fully saturated rings. The van der Waals surface area contributed by atoms with Crippen LogP contribution in [0.25, 0.3) is 0 Å². The molecule has 0 aromatic rings. The molecule has 18 heavy (non-hydrogen) atoms. The van der Waals surface area contributed by atoms with Gasteiger partial charge in [-0.05, 0) is 12.3 Å². The normalized spacial score (nSPS) is 27.1. The van der Waals surface area contributed by atoms with Crippen molar-refractivity contribution in [2.24, 2.45) is 11.7 Å². The van der Waals surface area contributed by atoms with Crippen LogP contribution in [0.1, 0.15) is 20.3 Å². The van der Waals surface area contributed by atoms with E-state index < -0.39 is 6.04 Å². The molecule has 0 radical (unpaired) electrons. The monoisotopic (exact) mass is 255 g/mol. The first kappa shape index (κ1) is 14.7. The van der Waals surface area contributed by atoms with Crippen molar-refractivity contribution in [2.45, 2.75) is 32.4 Å². The molecule has 0 aromatic carbocycles. The number of hydrogen-bond acceptors (Lipinski definition) is 4. The Morgan fingerprint density at radius 2 is 2.17 bits per heavy atom. The minimum absolute atomic E-state index is 0.129. The van der Waals surface area contributed by atoms with Crippen molar-refractivity contribution in [1.29, 1.82) is 0 Å². The average molecular weight is 255 g/mol. The molecule has 6 nitrogen and oxygen atoms in total. The largest absolute Gasteiger partial charge is 0.361 e. The highest BCUT2D eigenvalue weighted by molar-refractivity contribution is 5.87. The molecule has 4 N–H and O–H groups in total. The van der Waals surface area contributed by atoms with Gasteiger partial charge in [0, 0.05) is 12.1 Å². The van der Waals surface area contributed by atoms with Gasteiger partial charge in [-0.15, -0.1) is 0 Å². The molecule has 102 valence electrons. The second-order valence-corrected chi connectivity index (χ2v) is 4.63. The lowest BCUT2D eigenvalue weighted by molar-refractivity contribution is -0.124. The summed E-state index contributed by atoms with van der Waals surface area (Å²) in [5.74, 6) is -0.271. The zero-order valence-electron chi connectivity index (χ0n) is 10.8. The van der Waals surface area contributed by atoms with E-state index in [0.29, 0.717) is 13.0 Å². The Labute approximate surface area is 107 Å². The number of hydrogen-bond donors (Lipinski definition) is 3. The quantitative estimate of drug-likeness (QED) is 0.589. The number of rotatable bonds is 1. The van der Waals surface area contributed by atoms with Gasteiger partial charge in [0.2, 0.25) is 11.8 Å². The van der Waals surface area contributed by atoms with Gasteiger partial charge in [0.15, 0.2) is 0 Å². The van der Waals surface area contributed by atoms with Crippen molar-refractivity contribution in [1.82, 2.24) is 10.6 Å². The maximum atomic E-state index is 11.8. The minimum atomic E-state index is -0.588. The predicted octanol–water partition coefficient (Wildman–Crippen LogP) is -0.495. The van der Waals surface area contributed by atoms with Crippen LogP contribution in [0.2, 0.25) is 0 Å². The SMILES string of the molecule is CC(C)[C@H]1C=CC(=O)NCOCC[C@H](N)C(=O)N1. The van der Waals surface area contributed by atoms with E-state index in [1.54, 1.807) is 6.08 Å². The molecule has 6 heteroatoms. The first-order valence-corrected chi connectivity index (χ1v) is 6.10. The molecule has 1 aliphatic heterocycles. The first-order valence-electron chi connectivity index (χ1n) is 6.10. The zero-order valence-corrected chi connectivity index (χ0v) is 10.8. The lowest BCUT2D eigenvalue weighted by Crippen LogP contribution is -2.47. The fraction of sp³-hybridized carbons (Fsp3) is 0.667. The number of carbonyl (C=O) groups is 2. The molecule has 0 unspecified atom stereocenters. The summed E-state index contributed by atoms with van der Waals surface area (Å²) in [6.45, 7) is 4.40. The van der Waals surface area contributed by atoms with Crippen molar-refractivity contribution >= 4 is 11.8 Å². The fourth-order valence-corrected chi connectivity index (χ4v) is 1.49. The summed E-state index contributed by atoms with van der Waals surface area (Å²) in [5.41, 5.74) is 5.74. The van der Waals surface area contributed by atoms with E-state index in [0.717, 1.165) is 0 Å².